The summed E-state index contributed by atoms with van der Waals surface area (Å²) < 4.78 is 19.2. The predicted molar refractivity (Wildman–Crippen MR) is 111 cm³/mol. The van der Waals surface area contributed by atoms with Crippen molar-refractivity contribution in [3.05, 3.63) is 35.5 Å². The number of fused-ring (bicyclic) bond motifs is 1. The first-order valence-corrected chi connectivity index (χ1v) is 10.3. The lowest BCUT2D eigenvalue weighted by Crippen LogP contribution is -2.37. The van der Waals surface area contributed by atoms with E-state index in [1.165, 1.54) is 0 Å². The van der Waals surface area contributed by atoms with Gasteiger partial charge in [-0.25, -0.2) is 0 Å². The highest BCUT2D eigenvalue weighted by molar-refractivity contribution is 5.95. The maximum absolute atomic E-state index is 12.0. The summed E-state index contributed by atoms with van der Waals surface area (Å²) in [7, 11) is 0. The van der Waals surface area contributed by atoms with Crippen LogP contribution in [0.4, 0.5) is 0 Å². The number of morpholine rings is 1. The van der Waals surface area contributed by atoms with E-state index in [1.807, 2.05) is 31.2 Å². The van der Waals surface area contributed by atoms with E-state index in [4.69, 9.17) is 19.9 Å². The van der Waals surface area contributed by atoms with Gasteiger partial charge in [-0.15, -0.1) is 0 Å². The first-order valence-electron chi connectivity index (χ1n) is 10.3. The quantitative estimate of drug-likeness (QED) is 0.807. The average Bonchev–Trinajstić information content (AvgIpc) is 2.90. The Morgan fingerprint density at radius 1 is 1.03 bits per heavy atom. The normalized spacial score (nSPS) is 17.1. The summed E-state index contributed by atoms with van der Waals surface area (Å²) in [6.45, 7) is 8.65. The molecule has 0 spiro atoms. The lowest BCUT2D eigenvalue weighted by Gasteiger charge is -2.26. The second kappa shape index (κ2) is 8.88. The summed E-state index contributed by atoms with van der Waals surface area (Å²) >= 11 is 0. The number of nitrogens with two attached hydrogens (primary N) is 1. The molecule has 2 aliphatic heterocycles. The maximum Gasteiger partial charge on any atom is 0.250 e. The van der Waals surface area contributed by atoms with Crippen LogP contribution >= 0.6 is 0 Å². The highest BCUT2D eigenvalue weighted by atomic mass is 16.5. The van der Waals surface area contributed by atoms with E-state index in [0.717, 1.165) is 80.7 Å². The van der Waals surface area contributed by atoms with Crippen LogP contribution in [0.25, 0.3) is 11.3 Å². The van der Waals surface area contributed by atoms with Gasteiger partial charge in [-0.2, -0.15) is 0 Å². The van der Waals surface area contributed by atoms with Crippen molar-refractivity contribution in [2.45, 2.75) is 26.3 Å². The zero-order chi connectivity index (χ0) is 20.2. The van der Waals surface area contributed by atoms with Gasteiger partial charge < -0.3 is 24.5 Å². The minimum absolute atomic E-state index is 0.398. The average molecular weight is 399 g/mol. The van der Waals surface area contributed by atoms with Crippen LogP contribution in [0.5, 0.6) is 11.5 Å². The van der Waals surface area contributed by atoms with Crippen molar-refractivity contribution < 1.29 is 19.0 Å². The van der Waals surface area contributed by atoms with Crippen LogP contribution in [0.15, 0.2) is 24.3 Å². The van der Waals surface area contributed by atoms with Crippen LogP contribution in [0.2, 0.25) is 0 Å². The van der Waals surface area contributed by atoms with Crippen molar-refractivity contribution in [2.75, 3.05) is 46.1 Å². The molecule has 0 unspecified atom stereocenters. The summed E-state index contributed by atoms with van der Waals surface area (Å²) in [6.07, 6.45) is 1.86. The molecular formula is C22H29N3O4. The molecule has 2 N–H and O–H groups in total. The third-order valence-electron chi connectivity index (χ3n) is 5.64. The largest absolute Gasteiger partial charge is 0.490 e. The number of amides is 1. The molecule has 29 heavy (non-hydrogen) atoms. The fourth-order valence-corrected chi connectivity index (χ4v) is 4.02. The highest BCUT2D eigenvalue weighted by Gasteiger charge is 2.19. The lowest BCUT2D eigenvalue weighted by atomic mass is 10.1. The SMILES string of the molecule is Cc1c(C(N)=O)cc(-c2ccc3c(c2)OCCCO3)n1CCCN1CCOCC1. The number of rotatable bonds is 6. The molecule has 4 rings (SSSR count). The van der Waals surface area contributed by atoms with Crippen molar-refractivity contribution in [1.29, 1.82) is 0 Å². The lowest BCUT2D eigenvalue weighted by molar-refractivity contribution is 0.0369. The molecule has 0 radical (unpaired) electrons. The smallest absolute Gasteiger partial charge is 0.250 e. The van der Waals surface area contributed by atoms with Crippen LogP contribution in [-0.2, 0) is 11.3 Å². The Bertz CT molecular complexity index is 871. The first kappa shape index (κ1) is 19.8. The van der Waals surface area contributed by atoms with E-state index < -0.39 is 5.91 Å². The third-order valence-corrected chi connectivity index (χ3v) is 5.64. The molecule has 2 aliphatic rings. The summed E-state index contributed by atoms with van der Waals surface area (Å²) in [5.41, 5.74) is 9.08. The fraction of sp³-hybridized carbons (Fsp3) is 0.500. The standard InChI is InChI=1S/C22H29N3O4/c1-16-18(22(23)26)15-19(25(16)7-2-6-24-8-12-27-13-9-24)17-4-5-20-21(14-17)29-11-3-10-28-20/h4-5,14-15H,2-3,6-13H2,1H3,(H2,23,26). The molecule has 156 valence electrons. The first-order chi connectivity index (χ1) is 14.1. The van der Waals surface area contributed by atoms with E-state index in [2.05, 4.69) is 9.47 Å². The number of hydrogen-bond acceptors (Lipinski definition) is 5. The highest BCUT2D eigenvalue weighted by Crippen LogP contribution is 2.35. The molecule has 0 aliphatic carbocycles. The monoisotopic (exact) mass is 399 g/mol. The van der Waals surface area contributed by atoms with Crippen LogP contribution in [0.3, 0.4) is 0 Å². The molecule has 2 aromatic rings. The molecule has 1 aromatic carbocycles. The number of benzene rings is 1. The van der Waals surface area contributed by atoms with Gasteiger partial charge in [0, 0.05) is 49.6 Å². The molecular weight excluding hydrogens is 370 g/mol. The molecule has 1 fully saturated rings. The van der Waals surface area contributed by atoms with E-state index in [-0.39, 0.29) is 0 Å². The molecule has 0 atom stereocenters. The summed E-state index contributed by atoms with van der Waals surface area (Å²) in [6, 6.07) is 7.86. The van der Waals surface area contributed by atoms with Crippen molar-refractivity contribution in [1.82, 2.24) is 9.47 Å². The van der Waals surface area contributed by atoms with Crippen molar-refractivity contribution in [3.63, 3.8) is 0 Å². The minimum Gasteiger partial charge on any atom is -0.490 e. The summed E-state index contributed by atoms with van der Waals surface area (Å²) in [5, 5.41) is 0. The number of hydrogen-bond donors (Lipinski definition) is 1. The van der Waals surface area contributed by atoms with Crippen LogP contribution in [0, 0.1) is 6.92 Å². The summed E-state index contributed by atoms with van der Waals surface area (Å²) in [5.74, 6) is 1.12. The zero-order valence-corrected chi connectivity index (χ0v) is 17.0. The number of aromatic nitrogens is 1. The zero-order valence-electron chi connectivity index (χ0n) is 17.0. The number of primary amides is 1. The third kappa shape index (κ3) is 4.41. The maximum atomic E-state index is 12.0. The van der Waals surface area contributed by atoms with E-state index in [1.54, 1.807) is 0 Å². The van der Waals surface area contributed by atoms with E-state index in [9.17, 15) is 4.79 Å². The molecule has 1 saturated heterocycles. The van der Waals surface area contributed by atoms with Gasteiger partial charge in [0.15, 0.2) is 11.5 Å². The van der Waals surface area contributed by atoms with Gasteiger partial charge in [0.25, 0.3) is 5.91 Å². The Labute approximate surface area is 171 Å². The fourth-order valence-electron chi connectivity index (χ4n) is 4.02. The van der Waals surface area contributed by atoms with Crippen molar-refractivity contribution in [3.8, 4) is 22.8 Å². The summed E-state index contributed by atoms with van der Waals surface area (Å²) in [4.78, 5) is 14.4. The van der Waals surface area contributed by atoms with Crippen LogP contribution in [-0.4, -0.2) is 61.4 Å². The van der Waals surface area contributed by atoms with Gasteiger partial charge in [-0.1, -0.05) is 0 Å². The topological polar surface area (TPSA) is 79.0 Å². The van der Waals surface area contributed by atoms with Gasteiger partial charge in [0.05, 0.1) is 32.0 Å². The Morgan fingerprint density at radius 3 is 2.55 bits per heavy atom. The molecule has 7 nitrogen and oxygen atoms in total. The second-order valence-corrected chi connectivity index (χ2v) is 7.56. The Kier molecular flexibility index (Phi) is 6.06. The molecule has 7 heteroatoms. The molecule has 3 heterocycles. The Balaban J connectivity index is 1.59. The van der Waals surface area contributed by atoms with Gasteiger partial charge in [0.2, 0.25) is 0 Å². The van der Waals surface area contributed by atoms with Gasteiger partial charge in [-0.05, 0) is 37.6 Å². The van der Waals surface area contributed by atoms with Crippen LogP contribution in [0.1, 0.15) is 28.9 Å². The van der Waals surface area contributed by atoms with E-state index in [0.29, 0.717) is 18.8 Å². The molecule has 0 saturated carbocycles. The molecule has 1 amide bonds. The van der Waals surface area contributed by atoms with E-state index >= 15 is 0 Å². The van der Waals surface area contributed by atoms with Crippen LogP contribution < -0.4 is 15.2 Å². The number of carbonyl (C=O) groups excluding carboxylic acids is 1. The number of carbonyl (C=O) groups is 1. The van der Waals surface area contributed by atoms with Gasteiger partial charge in [0.1, 0.15) is 0 Å². The molecule has 1 aromatic heterocycles. The predicted octanol–water partition coefficient (Wildman–Crippen LogP) is 2.45. The van der Waals surface area contributed by atoms with Crippen molar-refractivity contribution in [2.24, 2.45) is 5.73 Å². The number of nitrogens with zero attached hydrogens (tertiary/aromatic N) is 2. The Hall–Kier alpha value is -2.51. The van der Waals surface area contributed by atoms with Crippen molar-refractivity contribution >= 4 is 5.91 Å². The van der Waals surface area contributed by atoms with Gasteiger partial charge >= 0.3 is 0 Å². The minimum atomic E-state index is -0.398. The second-order valence-electron chi connectivity index (χ2n) is 7.56. The number of ether oxygens (including phenoxy) is 3. The molecule has 0 bridgehead atoms. The Morgan fingerprint density at radius 2 is 1.79 bits per heavy atom. The van der Waals surface area contributed by atoms with Gasteiger partial charge in [-0.3, -0.25) is 9.69 Å².